The van der Waals surface area contributed by atoms with Crippen LogP contribution in [0.4, 0.5) is 0 Å². The van der Waals surface area contributed by atoms with Crippen LogP contribution in [0, 0.1) is 5.92 Å². The molecule has 0 aliphatic heterocycles. The standard InChI is InChI=1S/C12H17Cl2N/c1-9(8-15-2)3-4-10-5-6-11(13)7-12(10)14/h5-7,9,15H,3-4,8H2,1-2H3. The van der Waals surface area contributed by atoms with Crippen molar-refractivity contribution in [2.24, 2.45) is 5.92 Å². The van der Waals surface area contributed by atoms with Crippen molar-refractivity contribution in [3.63, 3.8) is 0 Å². The van der Waals surface area contributed by atoms with Gasteiger partial charge in [-0.25, -0.2) is 0 Å². The SMILES string of the molecule is CNCC(C)CCc1ccc(Cl)cc1Cl. The van der Waals surface area contributed by atoms with Crippen molar-refractivity contribution in [2.75, 3.05) is 13.6 Å². The first-order chi connectivity index (χ1) is 7.13. The van der Waals surface area contributed by atoms with Crippen LogP contribution in [0.5, 0.6) is 0 Å². The lowest BCUT2D eigenvalue weighted by molar-refractivity contribution is 0.505. The average molecular weight is 246 g/mol. The molecule has 0 aliphatic rings. The summed E-state index contributed by atoms with van der Waals surface area (Å²) in [5.41, 5.74) is 1.18. The zero-order valence-electron chi connectivity index (χ0n) is 9.19. The van der Waals surface area contributed by atoms with Gasteiger partial charge in [-0.1, -0.05) is 36.2 Å². The van der Waals surface area contributed by atoms with Crippen LogP contribution in [0.3, 0.4) is 0 Å². The Hall–Kier alpha value is -0.240. The van der Waals surface area contributed by atoms with Crippen molar-refractivity contribution >= 4 is 23.2 Å². The minimum Gasteiger partial charge on any atom is -0.319 e. The van der Waals surface area contributed by atoms with Crippen LogP contribution in [-0.2, 0) is 6.42 Å². The van der Waals surface area contributed by atoms with Crippen molar-refractivity contribution in [2.45, 2.75) is 19.8 Å². The molecular weight excluding hydrogens is 229 g/mol. The van der Waals surface area contributed by atoms with Gasteiger partial charge in [0.1, 0.15) is 0 Å². The summed E-state index contributed by atoms with van der Waals surface area (Å²) in [5.74, 6) is 0.668. The van der Waals surface area contributed by atoms with Gasteiger partial charge in [0.15, 0.2) is 0 Å². The van der Waals surface area contributed by atoms with Crippen molar-refractivity contribution in [3.8, 4) is 0 Å². The van der Waals surface area contributed by atoms with E-state index in [4.69, 9.17) is 23.2 Å². The van der Waals surface area contributed by atoms with E-state index in [2.05, 4.69) is 12.2 Å². The van der Waals surface area contributed by atoms with Crippen molar-refractivity contribution < 1.29 is 0 Å². The zero-order chi connectivity index (χ0) is 11.3. The van der Waals surface area contributed by atoms with Crippen LogP contribution in [0.25, 0.3) is 0 Å². The van der Waals surface area contributed by atoms with Crippen molar-refractivity contribution in [1.29, 1.82) is 0 Å². The number of nitrogens with one attached hydrogen (secondary N) is 1. The number of rotatable bonds is 5. The Kier molecular flexibility index (Phi) is 5.44. The third-order valence-corrected chi connectivity index (χ3v) is 3.06. The van der Waals surface area contributed by atoms with Crippen LogP contribution in [0.1, 0.15) is 18.9 Å². The second-order valence-corrected chi connectivity index (χ2v) is 4.78. The molecule has 1 aromatic carbocycles. The molecule has 0 aliphatic carbocycles. The second kappa shape index (κ2) is 6.37. The topological polar surface area (TPSA) is 12.0 Å². The Morgan fingerprint density at radius 2 is 2.07 bits per heavy atom. The van der Waals surface area contributed by atoms with E-state index < -0.39 is 0 Å². The summed E-state index contributed by atoms with van der Waals surface area (Å²) < 4.78 is 0. The highest BCUT2D eigenvalue weighted by molar-refractivity contribution is 6.35. The summed E-state index contributed by atoms with van der Waals surface area (Å²) in [6.07, 6.45) is 2.15. The predicted molar refractivity (Wildman–Crippen MR) is 67.9 cm³/mol. The summed E-state index contributed by atoms with van der Waals surface area (Å²) in [7, 11) is 1.98. The van der Waals surface area contributed by atoms with E-state index in [-0.39, 0.29) is 0 Å². The molecule has 0 saturated heterocycles. The largest absolute Gasteiger partial charge is 0.319 e. The third kappa shape index (κ3) is 4.42. The molecule has 0 fully saturated rings. The Bertz CT molecular complexity index is 312. The van der Waals surface area contributed by atoms with Gasteiger partial charge in [0.2, 0.25) is 0 Å². The molecule has 1 nitrogen and oxygen atoms in total. The smallest absolute Gasteiger partial charge is 0.0452 e. The van der Waals surface area contributed by atoms with E-state index in [0.717, 1.165) is 24.4 Å². The lowest BCUT2D eigenvalue weighted by Crippen LogP contribution is -2.16. The Morgan fingerprint density at radius 1 is 1.33 bits per heavy atom. The quantitative estimate of drug-likeness (QED) is 0.833. The van der Waals surface area contributed by atoms with Crippen molar-refractivity contribution in [3.05, 3.63) is 33.8 Å². The highest BCUT2D eigenvalue weighted by Crippen LogP contribution is 2.23. The summed E-state index contributed by atoms with van der Waals surface area (Å²) in [5, 5.41) is 4.65. The van der Waals surface area contributed by atoms with Gasteiger partial charge >= 0.3 is 0 Å². The Balaban J connectivity index is 2.50. The van der Waals surface area contributed by atoms with E-state index in [1.807, 2.05) is 19.2 Å². The fraction of sp³-hybridized carbons (Fsp3) is 0.500. The summed E-state index contributed by atoms with van der Waals surface area (Å²) in [6.45, 7) is 3.28. The summed E-state index contributed by atoms with van der Waals surface area (Å²) in [4.78, 5) is 0. The van der Waals surface area contributed by atoms with Gasteiger partial charge in [-0.3, -0.25) is 0 Å². The minimum atomic E-state index is 0.668. The molecule has 0 saturated carbocycles. The molecule has 0 radical (unpaired) electrons. The van der Waals surface area contributed by atoms with Gasteiger partial charge in [-0.05, 0) is 50.0 Å². The fourth-order valence-electron chi connectivity index (χ4n) is 1.58. The molecule has 3 heteroatoms. The molecule has 0 spiro atoms. The molecule has 0 amide bonds. The lowest BCUT2D eigenvalue weighted by Gasteiger charge is -2.11. The molecule has 84 valence electrons. The van der Waals surface area contributed by atoms with Gasteiger partial charge in [0, 0.05) is 10.0 Å². The molecule has 1 unspecified atom stereocenters. The highest BCUT2D eigenvalue weighted by atomic mass is 35.5. The maximum absolute atomic E-state index is 6.09. The molecular formula is C12H17Cl2N. The number of benzene rings is 1. The molecule has 1 aromatic rings. The van der Waals surface area contributed by atoms with E-state index >= 15 is 0 Å². The van der Waals surface area contributed by atoms with Crippen LogP contribution in [0.15, 0.2) is 18.2 Å². The number of hydrogen-bond donors (Lipinski definition) is 1. The molecule has 1 rings (SSSR count). The van der Waals surface area contributed by atoms with Gasteiger partial charge in [0.25, 0.3) is 0 Å². The second-order valence-electron chi connectivity index (χ2n) is 3.94. The summed E-state index contributed by atoms with van der Waals surface area (Å²) in [6, 6.07) is 5.71. The molecule has 0 aromatic heterocycles. The van der Waals surface area contributed by atoms with Crippen LogP contribution in [-0.4, -0.2) is 13.6 Å². The molecule has 0 heterocycles. The number of halogens is 2. The molecule has 1 atom stereocenters. The highest BCUT2D eigenvalue weighted by Gasteiger charge is 2.04. The fourth-order valence-corrected chi connectivity index (χ4v) is 2.08. The van der Waals surface area contributed by atoms with Gasteiger partial charge < -0.3 is 5.32 Å². The molecule has 0 bridgehead atoms. The lowest BCUT2D eigenvalue weighted by atomic mass is 10.0. The molecule has 1 N–H and O–H groups in total. The van der Waals surface area contributed by atoms with E-state index in [1.165, 1.54) is 5.56 Å². The first kappa shape index (κ1) is 12.8. The van der Waals surface area contributed by atoms with Crippen LogP contribution < -0.4 is 5.32 Å². The normalized spacial score (nSPS) is 12.8. The van der Waals surface area contributed by atoms with Gasteiger partial charge in [-0.15, -0.1) is 0 Å². The summed E-state index contributed by atoms with van der Waals surface area (Å²) >= 11 is 11.9. The number of aryl methyl sites for hydroxylation is 1. The average Bonchev–Trinajstić information content (AvgIpc) is 2.17. The Morgan fingerprint density at radius 3 is 2.67 bits per heavy atom. The van der Waals surface area contributed by atoms with E-state index in [0.29, 0.717) is 10.9 Å². The van der Waals surface area contributed by atoms with Gasteiger partial charge in [-0.2, -0.15) is 0 Å². The Labute approximate surface area is 102 Å². The van der Waals surface area contributed by atoms with Crippen LogP contribution >= 0.6 is 23.2 Å². The zero-order valence-corrected chi connectivity index (χ0v) is 10.7. The van der Waals surface area contributed by atoms with E-state index in [9.17, 15) is 0 Å². The third-order valence-electron chi connectivity index (χ3n) is 2.47. The maximum Gasteiger partial charge on any atom is 0.0452 e. The molecule has 15 heavy (non-hydrogen) atoms. The first-order valence-corrected chi connectivity index (χ1v) is 5.97. The van der Waals surface area contributed by atoms with Crippen molar-refractivity contribution in [1.82, 2.24) is 5.32 Å². The van der Waals surface area contributed by atoms with E-state index in [1.54, 1.807) is 6.07 Å². The van der Waals surface area contributed by atoms with Crippen LogP contribution in [0.2, 0.25) is 10.0 Å². The predicted octanol–water partition coefficient (Wildman–Crippen LogP) is 3.78. The monoisotopic (exact) mass is 245 g/mol. The number of hydrogen-bond acceptors (Lipinski definition) is 1. The minimum absolute atomic E-state index is 0.668. The maximum atomic E-state index is 6.09. The first-order valence-electron chi connectivity index (χ1n) is 5.22. The van der Waals surface area contributed by atoms with Gasteiger partial charge in [0.05, 0.1) is 0 Å².